The SMILES string of the molecule is COC1CCN(Cc2cc(C(=O)O)oc2C)C(C)C1. The molecule has 1 aromatic rings. The molecule has 1 aliphatic rings. The summed E-state index contributed by atoms with van der Waals surface area (Å²) in [7, 11) is 1.76. The zero-order chi connectivity index (χ0) is 14.0. The van der Waals surface area contributed by atoms with E-state index in [0.29, 0.717) is 17.9 Å². The first-order valence-corrected chi connectivity index (χ1v) is 6.60. The Labute approximate surface area is 113 Å². The molecular formula is C14H21NO4. The minimum Gasteiger partial charge on any atom is -0.475 e. The summed E-state index contributed by atoms with van der Waals surface area (Å²) in [5.74, 6) is -0.300. The number of piperidine rings is 1. The number of likely N-dealkylation sites (tertiary alicyclic amines) is 1. The van der Waals surface area contributed by atoms with E-state index in [2.05, 4.69) is 11.8 Å². The van der Waals surface area contributed by atoms with Crippen LogP contribution < -0.4 is 0 Å². The second-order valence-corrected chi connectivity index (χ2v) is 5.20. The Morgan fingerprint density at radius 2 is 2.37 bits per heavy atom. The molecule has 1 saturated heterocycles. The molecule has 2 heterocycles. The molecule has 0 aliphatic carbocycles. The smallest absolute Gasteiger partial charge is 0.371 e. The van der Waals surface area contributed by atoms with Crippen molar-refractivity contribution in [1.29, 1.82) is 0 Å². The number of aryl methyl sites for hydroxylation is 1. The van der Waals surface area contributed by atoms with Gasteiger partial charge in [-0.2, -0.15) is 0 Å². The van der Waals surface area contributed by atoms with Gasteiger partial charge in [-0.15, -0.1) is 0 Å². The molecule has 19 heavy (non-hydrogen) atoms. The van der Waals surface area contributed by atoms with Crippen LogP contribution in [0, 0.1) is 6.92 Å². The van der Waals surface area contributed by atoms with E-state index < -0.39 is 5.97 Å². The van der Waals surface area contributed by atoms with Crippen molar-refractivity contribution < 1.29 is 19.1 Å². The van der Waals surface area contributed by atoms with Crippen molar-refractivity contribution in [3.63, 3.8) is 0 Å². The monoisotopic (exact) mass is 267 g/mol. The van der Waals surface area contributed by atoms with E-state index in [1.807, 2.05) is 6.92 Å². The van der Waals surface area contributed by atoms with Crippen molar-refractivity contribution in [3.8, 4) is 0 Å². The van der Waals surface area contributed by atoms with Crippen molar-refractivity contribution in [2.45, 2.75) is 45.4 Å². The van der Waals surface area contributed by atoms with Crippen LogP contribution in [0.15, 0.2) is 10.5 Å². The van der Waals surface area contributed by atoms with Gasteiger partial charge in [-0.05, 0) is 32.8 Å². The lowest BCUT2D eigenvalue weighted by Crippen LogP contribution is -2.42. The van der Waals surface area contributed by atoms with Crippen LogP contribution in [-0.2, 0) is 11.3 Å². The fraction of sp³-hybridized carbons (Fsp3) is 0.643. The molecule has 5 nitrogen and oxygen atoms in total. The van der Waals surface area contributed by atoms with E-state index in [4.69, 9.17) is 14.3 Å². The predicted molar refractivity (Wildman–Crippen MR) is 70.3 cm³/mol. The van der Waals surface area contributed by atoms with Gasteiger partial charge < -0.3 is 14.3 Å². The van der Waals surface area contributed by atoms with Crippen LogP contribution in [0.4, 0.5) is 0 Å². The zero-order valence-electron chi connectivity index (χ0n) is 11.7. The molecule has 5 heteroatoms. The molecule has 1 aromatic heterocycles. The third-order valence-corrected chi connectivity index (χ3v) is 3.90. The second-order valence-electron chi connectivity index (χ2n) is 5.20. The molecule has 106 valence electrons. The van der Waals surface area contributed by atoms with Gasteiger partial charge in [0.25, 0.3) is 0 Å². The van der Waals surface area contributed by atoms with Gasteiger partial charge in [0.1, 0.15) is 5.76 Å². The number of carboxylic acids is 1. The number of ether oxygens (including phenoxy) is 1. The summed E-state index contributed by atoms with van der Waals surface area (Å²) in [4.78, 5) is 13.2. The summed E-state index contributed by atoms with van der Waals surface area (Å²) in [5, 5.41) is 8.92. The molecule has 0 radical (unpaired) electrons. The van der Waals surface area contributed by atoms with E-state index in [9.17, 15) is 4.79 Å². The van der Waals surface area contributed by atoms with Gasteiger partial charge in [0, 0.05) is 31.8 Å². The Bertz CT molecular complexity index is 454. The molecule has 1 aliphatic heterocycles. The molecule has 0 bridgehead atoms. The molecule has 2 atom stereocenters. The minimum absolute atomic E-state index is 0.0203. The Morgan fingerprint density at radius 3 is 2.89 bits per heavy atom. The summed E-state index contributed by atoms with van der Waals surface area (Å²) in [5.41, 5.74) is 0.958. The van der Waals surface area contributed by atoms with E-state index >= 15 is 0 Å². The quantitative estimate of drug-likeness (QED) is 0.906. The maximum atomic E-state index is 10.9. The van der Waals surface area contributed by atoms with Gasteiger partial charge in [0.05, 0.1) is 6.10 Å². The lowest BCUT2D eigenvalue weighted by atomic mass is 10.00. The van der Waals surface area contributed by atoms with E-state index in [-0.39, 0.29) is 5.76 Å². The van der Waals surface area contributed by atoms with Crippen molar-refractivity contribution in [3.05, 3.63) is 23.2 Å². The number of carboxylic acid groups (broad SMARTS) is 1. The molecule has 1 fully saturated rings. The molecule has 0 spiro atoms. The van der Waals surface area contributed by atoms with Crippen molar-refractivity contribution in [2.24, 2.45) is 0 Å². The summed E-state index contributed by atoms with van der Waals surface area (Å²) in [6.45, 7) is 5.69. The summed E-state index contributed by atoms with van der Waals surface area (Å²) in [6.07, 6.45) is 2.37. The van der Waals surface area contributed by atoms with Crippen molar-refractivity contribution in [1.82, 2.24) is 4.90 Å². The zero-order valence-corrected chi connectivity index (χ0v) is 11.7. The van der Waals surface area contributed by atoms with E-state index in [1.165, 1.54) is 0 Å². The van der Waals surface area contributed by atoms with Crippen LogP contribution >= 0.6 is 0 Å². The largest absolute Gasteiger partial charge is 0.475 e. The van der Waals surface area contributed by atoms with Crippen LogP contribution in [0.2, 0.25) is 0 Å². The third kappa shape index (κ3) is 3.16. The lowest BCUT2D eigenvalue weighted by Gasteiger charge is -2.36. The molecular weight excluding hydrogens is 246 g/mol. The first kappa shape index (κ1) is 14.1. The van der Waals surface area contributed by atoms with Gasteiger partial charge in [-0.1, -0.05) is 0 Å². The summed E-state index contributed by atoms with van der Waals surface area (Å²) < 4.78 is 10.6. The van der Waals surface area contributed by atoms with Gasteiger partial charge in [0.15, 0.2) is 0 Å². The number of carbonyl (C=O) groups is 1. The highest BCUT2D eigenvalue weighted by molar-refractivity contribution is 5.84. The third-order valence-electron chi connectivity index (χ3n) is 3.90. The Hall–Kier alpha value is -1.33. The Morgan fingerprint density at radius 1 is 1.63 bits per heavy atom. The van der Waals surface area contributed by atoms with Gasteiger partial charge in [-0.3, -0.25) is 4.90 Å². The van der Waals surface area contributed by atoms with Crippen LogP contribution in [0.5, 0.6) is 0 Å². The number of furan rings is 1. The number of nitrogens with zero attached hydrogens (tertiary/aromatic N) is 1. The van der Waals surface area contributed by atoms with Gasteiger partial charge >= 0.3 is 5.97 Å². The molecule has 0 saturated carbocycles. The topological polar surface area (TPSA) is 62.9 Å². The molecule has 2 unspecified atom stereocenters. The van der Waals surface area contributed by atoms with E-state index in [0.717, 1.165) is 31.5 Å². The highest BCUT2D eigenvalue weighted by Gasteiger charge is 2.26. The number of methoxy groups -OCH3 is 1. The van der Waals surface area contributed by atoms with E-state index in [1.54, 1.807) is 13.2 Å². The lowest BCUT2D eigenvalue weighted by molar-refractivity contribution is 0.0128. The fourth-order valence-corrected chi connectivity index (χ4v) is 2.63. The highest BCUT2D eigenvalue weighted by Crippen LogP contribution is 2.24. The van der Waals surface area contributed by atoms with Crippen molar-refractivity contribution >= 4 is 5.97 Å². The average Bonchev–Trinajstić information content (AvgIpc) is 2.73. The second kappa shape index (κ2) is 5.75. The first-order chi connectivity index (χ1) is 9.01. The fourth-order valence-electron chi connectivity index (χ4n) is 2.63. The molecule has 0 amide bonds. The summed E-state index contributed by atoms with van der Waals surface area (Å²) >= 11 is 0. The maximum Gasteiger partial charge on any atom is 0.371 e. The van der Waals surface area contributed by atoms with Gasteiger partial charge in [-0.25, -0.2) is 4.79 Å². The van der Waals surface area contributed by atoms with Crippen LogP contribution in [-0.4, -0.2) is 41.8 Å². The number of aromatic carboxylic acids is 1. The normalized spacial score (nSPS) is 24.6. The van der Waals surface area contributed by atoms with Crippen LogP contribution in [0.25, 0.3) is 0 Å². The van der Waals surface area contributed by atoms with Gasteiger partial charge in [0.2, 0.25) is 5.76 Å². The number of hydrogen-bond donors (Lipinski definition) is 1. The van der Waals surface area contributed by atoms with Crippen LogP contribution in [0.3, 0.4) is 0 Å². The number of rotatable bonds is 4. The first-order valence-electron chi connectivity index (χ1n) is 6.60. The Kier molecular flexibility index (Phi) is 4.27. The standard InChI is InChI=1S/C14H21NO4/c1-9-6-12(18-3)4-5-15(9)8-11-7-13(14(16)17)19-10(11)2/h7,9,12H,4-6,8H2,1-3H3,(H,16,17). The average molecular weight is 267 g/mol. The summed E-state index contributed by atoms with van der Waals surface area (Å²) in [6, 6.07) is 2.06. The Balaban J connectivity index is 2.03. The molecule has 2 rings (SSSR count). The predicted octanol–water partition coefficient (Wildman–Crippen LogP) is 2.29. The highest BCUT2D eigenvalue weighted by atomic mass is 16.5. The van der Waals surface area contributed by atoms with Crippen LogP contribution in [0.1, 0.15) is 41.6 Å². The maximum absolute atomic E-state index is 10.9. The number of hydrogen-bond acceptors (Lipinski definition) is 4. The molecule has 0 aromatic carbocycles. The van der Waals surface area contributed by atoms with Crippen molar-refractivity contribution in [2.75, 3.05) is 13.7 Å². The minimum atomic E-state index is -1.01. The molecule has 1 N–H and O–H groups in total.